The number of nitrogens with zero attached hydrogens (tertiary/aromatic N) is 4. The second-order valence-electron chi connectivity index (χ2n) is 5.52. The molecule has 1 unspecified atom stereocenters. The molecule has 0 amide bonds. The van der Waals surface area contributed by atoms with E-state index in [0.29, 0.717) is 0 Å². The molecule has 2 rings (SSSR count). The molecule has 0 saturated heterocycles. The molecule has 2 heterocycles. The number of nitrogens with one attached hydrogen (secondary N) is 1. The van der Waals surface area contributed by atoms with Crippen molar-refractivity contribution in [2.24, 2.45) is 14.1 Å². The SMILES string of the molecule is CCCNC(Cc1c(Br)c(C)nn1C)c1cn(C)nc1C. The molecular weight excluding hydrogens is 330 g/mol. The minimum absolute atomic E-state index is 0.254. The van der Waals surface area contributed by atoms with Gasteiger partial charge in [0, 0.05) is 38.3 Å². The Bertz CT molecular complexity index is 614. The molecule has 0 spiro atoms. The average molecular weight is 354 g/mol. The van der Waals surface area contributed by atoms with E-state index in [9.17, 15) is 0 Å². The van der Waals surface area contributed by atoms with Crippen molar-refractivity contribution < 1.29 is 0 Å². The molecule has 0 saturated carbocycles. The minimum atomic E-state index is 0.254. The van der Waals surface area contributed by atoms with Gasteiger partial charge in [-0.2, -0.15) is 10.2 Å². The molecule has 0 aliphatic carbocycles. The summed E-state index contributed by atoms with van der Waals surface area (Å²) in [5, 5.41) is 12.6. The molecule has 6 heteroatoms. The van der Waals surface area contributed by atoms with Crippen molar-refractivity contribution in [1.29, 1.82) is 0 Å². The Morgan fingerprint density at radius 1 is 1.24 bits per heavy atom. The Labute approximate surface area is 134 Å². The lowest BCUT2D eigenvalue weighted by Gasteiger charge is -2.18. The maximum atomic E-state index is 4.49. The molecule has 1 N–H and O–H groups in total. The van der Waals surface area contributed by atoms with E-state index in [-0.39, 0.29) is 6.04 Å². The maximum Gasteiger partial charge on any atom is 0.0738 e. The van der Waals surface area contributed by atoms with E-state index in [4.69, 9.17) is 0 Å². The molecule has 0 radical (unpaired) electrons. The van der Waals surface area contributed by atoms with E-state index < -0.39 is 0 Å². The number of halogens is 1. The second-order valence-corrected chi connectivity index (χ2v) is 6.32. The van der Waals surface area contributed by atoms with Crippen LogP contribution >= 0.6 is 15.9 Å². The van der Waals surface area contributed by atoms with Crippen LogP contribution in [-0.2, 0) is 20.5 Å². The molecule has 0 aliphatic rings. The molecule has 2 aromatic heterocycles. The summed E-state index contributed by atoms with van der Waals surface area (Å²) in [5.74, 6) is 0. The Morgan fingerprint density at radius 3 is 2.43 bits per heavy atom. The number of aryl methyl sites for hydroxylation is 4. The van der Waals surface area contributed by atoms with E-state index in [2.05, 4.69) is 51.5 Å². The molecule has 1 atom stereocenters. The Balaban J connectivity index is 2.30. The van der Waals surface area contributed by atoms with E-state index in [1.807, 2.05) is 30.4 Å². The first-order valence-corrected chi connectivity index (χ1v) is 8.14. The average Bonchev–Trinajstić information content (AvgIpc) is 2.87. The van der Waals surface area contributed by atoms with Crippen molar-refractivity contribution in [3.8, 4) is 0 Å². The van der Waals surface area contributed by atoms with Gasteiger partial charge in [-0.1, -0.05) is 6.92 Å². The standard InChI is InChI=1S/C15H24BrN5/c1-6-7-17-13(12-9-20(4)18-10(12)2)8-14-15(16)11(3)19-21(14)5/h9,13,17H,6-8H2,1-5H3. The van der Waals surface area contributed by atoms with Crippen LogP contribution in [0.15, 0.2) is 10.7 Å². The fourth-order valence-electron chi connectivity index (χ4n) is 2.67. The monoisotopic (exact) mass is 353 g/mol. The Hall–Kier alpha value is -1.14. The largest absolute Gasteiger partial charge is 0.309 e. The van der Waals surface area contributed by atoms with Crippen LogP contribution in [0.2, 0.25) is 0 Å². The number of rotatable bonds is 6. The highest BCUT2D eigenvalue weighted by Gasteiger charge is 2.20. The summed E-state index contributed by atoms with van der Waals surface area (Å²) in [5.41, 5.74) is 4.59. The molecule has 2 aromatic rings. The zero-order chi connectivity index (χ0) is 15.6. The molecule has 0 fully saturated rings. The van der Waals surface area contributed by atoms with Crippen molar-refractivity contribution in [3.63, 3.8) is 0 Å². The predicted octanol–water partition coefficient (Wildman–Crippen LogP) is 2.82. The predicted molar refractivity (Wildman–Crippen MR) is 88.3 cm³/mol. The van der Waals surface area contributed by atoms with Crippen LogP contribution in [0.5, 0.6) is 0 Å². The molecule has 0 aromatic carbocycles. The van der Waals surface area contributed by atoms with Gasteiger partial charge in [-0.3, -0.25) is 9.36 Å². The summed E-state index contributed by atoms with van der Waals surface area (Å²) in [6.07, 6.45) is 4.12. The summed E-state index contributed by atoms with van der Waals surface area (Å²) in [6, 6.07) is 0.254. The Morgan fingerprint density at radius 2 is 1.95 bits per heavy atom. The highest BCUT2D eigenvalue weighted by atomic mass is 79.9. The zero-order valence-electron chi connectivity index (χ0n) is 13.4. The van der Waals surface area contributed by atoms with Crippen molar-refractivity contribution in [3.05, 3.63) is 33.3 Å². The highest BCUT2D eigenvalue weighted by molar-refractivity contribution is 9.10. The summed E-state index contributed by atoms with van der Waals surface area (Å²) in [6.45, 7) is 7.27. The summed E-state index contributed by atoms with van der Waals surface area (Å²) in [7, 11) is 3.97. The topological polar surface area (TPSA) is 47.7 Å². The van der Waals surface area contributed by atoms with Gasteiger partial charge in [-0.05, 0) is 42.7 Å². The van der Waals surface area contributed by atoms with E-state index >= 15 is 0 Å². The molecule has 5 nitrogen and oxygen atoms in total. The number of hydrogen-bond acceptors (Lipinski definition) is 3. The van der Waals surface area contributed by atoms with Crippen molar-refractivity contribution in [2.75, 3.05) is 6.54 Å². The summed E-state index contributed by atoms with van der Waals surface area (Å²) in [4.78, 5) is 0. The van der Waals surface area contributed by atoms with Gasteiger partial charge < -0.3 is 5.32 Å². The lowest BCUT2D eigenvalue weighted by atomic mass is 10.0. The van der Waals surface area contributed by atoms with Gasteiger partial charge >= 0.3 is 0 Å². The summed E-state index contributed by atoms with van der Waals surface area (Å²) < 4.78 is 4.95. The third-order valence-corrected chi connectivity index (χ3v) is 4.76. The van der Waals surface area contributed by atoms with Gasteiger partial charge in [0.1, 0.15) is 0 Å². The van der Waals surface area contributed by atoms with Gasteiger partial charge in [0.15, 0.2) is 0 Å². The van der Waals surface area contributed by atoms with E-state index in [1.54, 1.807) is 0 Å². The van der Waals surface area contributed by atoms with Crippen LogP contribution < -0.4 is 5.32 Å². The maximum absolute atomic E-state index is 4.49. The first-order chi connectivity index (χ1) is 9.93. The Kier molecular flexibility index (Phi) is 5.22. The molecule has 0 bridgehead atoms. The number of aromatic nitrogens is 4. The molecule has 0 aliphatic heterocycles. The van der Waals surface area contributed by atoms with Gasteiger partial charge in [0.05, 0.1) is 21.6 Å². The quantitative estimate of drug-likeness (QED) is 0.868. The van der Waals surface area contributed by atoms with Gasteiger partial charge in [0.25, 0.3) is 0 Å². The van der Waals surface area contributed by atoms with Crippen LogP contribution in [0.4, 0.5) is 0 Å². The summed E-state index contributed by atoms with van der Waals surface area (Å²) >= 11 is 3.66. The van der Waals surface area contributed by atoms with Gasteiger partial charge in [-0.15, -0.1) is 0 Å². The van der Waals surface area contributed by atoms with Crippen LogP contribution in [0, 0.1) is 13.8 Å². The zero-order valence-corrected chi connectivity index (χ0v) is 15.0. The van der Waals surface area contributed by atoms with Crippen molar-refractivity contribution in [2.45, 2.75) is 39.7 Å². The molecular formula is C15H24BrN5. The lowest BCUT2D eigenvalue weighted by Crippen LogP contribution is -2.25. The third kappa shape index (κ3) is 3.55. The third-order valence-electron chi connectivity index (χ3n) is 3.73. The smallest absolute Gasteiger partial charge is 0.0738 e. The van der Waals surface area contributed by atoms with Crippen molar-refractivity contribution >= 4 is 15.9 Å². The first kappa shape index (κ1) is 16.2. The fraction of sp³-hybridized carbons (Fsp3) is 0.600. The van der Waals surface area contributed by atoms with Crippen LogP contribution in [0.3, 0.4) is 0 Å². The minimum Gasteiger partial charge on any atom is -0.309 e. The van der Waals surface area contributed by atoms with Crippen LogP contribution in [0.1, 0.15) is 42.0 Å². The van der Waals surface area contributed by atoms with E-state index in [0.717, 1.165) is 35.2 Å². The lowest BCUT2D eigenvalue weighted by molar-refractivity contribution is 0.509. The van der Waals surface area contributed by atoms with Crippen LogP contribution in [0.25, 0.3) is 0 Å². The van der Waals surface area contributed by atoms with Crippen LogP contribution in [-0.4, -0.2) is 26.1 Å². The van der Waals surface area contributed by atoms with Crippen molar-refractivity contribution in [1.82, 2.24) is 24.9 Å². The highest BCUT2D eigenvalue weighted by Crippen LogP contribution is 2.27. The van der Waals surface area contributed by atoms with E-state index in [1.165, 1.54) is 11.3 Å². The number of hydrogen-bond donors (Lipinski definition) is 1. The van der Waals surface area contributed by atoms with Gasteiger partial charge in [0.2, 0.25) is 0 Å². The normalized spacial score (nSPS) is 12.9. The van der Waals surface area contributed by atoms with Gasteiger partial charge in [-0.25, -0.2) is 0 Å². The first-order valence-electron chi connectivity index (χ1n) is 7.35. The second kappa shape index (κ2) is 6.75. The fourth-order valence-corrected chi connectivity index (χ4v) is 3.16. The molecule has 116 valence electrons. The molecule has 21 heavy (non-hydrogen) atoms.